The van der Waals surface area contributed by atoms with Gasteiger partial charge in [-0.15, -0.1) is 4.90 Å². The predicted octanol–water partition coefficient (Wildman–Crippen LogP) is 5.81. The molecule has 0 bridgehead atoms. The number of nitrogens with two attached hydrogens (primary N) is 1. The molecule has 1 aliphatic heterocycles. The molecule has 0 aliphatic carbocycles. The summed E-state index contributed by atoms with van der Waals surface area (Å²) < 4.78 is 78.4. The molecule has 300 valence electrons. The minimum atomic E-state index is -4.70. The number of benzene rings is 3. The van der Waals surface area contributed by atoms with Crippen LogP contribution in [0.15, 0.2) is 87.7 Å². The molecule has 1 heterocycles. The number of rotatable bonds is 11. The van der Waals surface area contributed by atoms with Crippen molar-refractivity contribution >= 4 is 44.0 Å². The molecule has 18 heteroatoms. The third kappa shape index (κ3) is 11.7. The lowest BCUT2D eigenvalue weighted by Crippen LogP contribution is -2.50. The molecule has 3 aromatic rings. The number of hydrogen-bond donors (Lipinski definition) is 1. The van der Waals surface area contributed by atoms with E-state index in [0.29, 0.717) is 23.6 Å². The summed E-state index contributed by atoms with van der Waals surface area (Å²) in [6.07, 6.45) is -3.29. The molecule has 1 aliphatic rings. The molecule has 2 amide bonds. The van der Waals surface area contributed by atoms with Crippen LogP contribution in [0, 0.1) is 6.92 Å². The van der Waals surface area contributed by atoms with E-state index < -0.39 is 65.6 Å². The van der Waals surface area contributed by atoms with Gasteiger partial charge in [0, 0.05) is 44.4 Å². The van der Waals surface area contributed by atoms with E-state index in [9.17, 15) is 26.4 Å². The zero-order valence-electron chi connectivity index (χ0n) is 32.2. The Labute approximate surface area is 322 Å². The van der Waals surface area contributed by atoms with Crippen LogP contribution in [0.4, 0.5) is 15.3 Å². The number of anilines is 1. The fourth-order valence-corrected chi connectivity index (χ4v) is 8.31. The van der Waals surface area contributed by atoms with Gasteiger partial charge >= 0.3 is 22.3 Å². The highest BCUT2D eigenvalue weighted by Gasteiger charge is 2.36. The van der Waals surface area contributed by atoms with Crippen LogP contribution in [0.25, 0.3) is 0 Å². The van der Waals surface area contributed by atoms with Gasteiger partial charge in [0.2, 0.25) is 10.0 Å². The SMILES string of the molecule is CCC(ON=C(N)N(C(=O)OC(C)(C)C)C(=O)OC(C)(C)C)Oc1cc(C)cc(OS(=O)(=O)c2ccccc2S(=O)(=O)N2CCN(c3ccccc3)CC2)c1. The van der Waals surface area contributed by atoms with Crippen molar-refractivity contribution in [3.63, 3.8) is 0 Å². The second-order valence-electron chi connectivity index (χ2n) is 14.5. The zero-order valence-corrected chi connectivity index (χ0v) is 33.8. The zero-order chi connectivity index (χ0) is 40.8. The third-order valence-corrected chi connectivity index (χ3v) is 11.0. The van der Waals surface area contributed by atoms with Crippen LogP contribution < -0.4 is 19.6 Å². The standard InChI is InChI=1S/C37H49N5O11S2/c1-9-32(52-39-33(38)42(34(43)50-36(3,4)5)35(44)51-37(6,7)8)49-28-23-26(2)24-29(25-28)53-55(47,48)31-18-14-13-17-30(31)54(45,46)41-21-19-40(20-22-41)27-15-11-10-12-16-27/h10-18,23-25,32H,9,19-22H2,1-8H3,(H2,38,39). The van der Waals surface area contributed by atoms with Crippen molar-refractivity contribution in [1.82, 2.24) is 9.21 Å². The molecule has 2 N–H and O–H groups in total. The Hall–Kier alpha value is -5.07. The molecular weight excluding hydrogens is 755 g/mol. The van der Waals surface area contributed by atoms with Crippen molar-refractivity contribution in [2.75, 3.05) is 31.1 Å². The minimum Gasteiger partial charge on any atom is -0.453 e. The Morgan fingerprint density at radius 3 is 1.87 bits per heavy atom. The quantitative estimate of drug-likeness (QED) is 0.0803. The van der Waals surface area contributed by atoms with Gasteiger partial charge in [0.25, 0.3) is 12.2 Å². The molecule has 0 spiro atoms. The first kappa shape index (κ1) is 42.7. The van der Waals surface area contributed by atoms with Crippen molar-refractivity contribution in [1.29, 1.82) is 0 Å². The molecule has 1 saturated heterocycles. The van der Waals surface area contributed by atoms with Crippen molar-refractivity contribution in [2.45, 2.75) is 89.1 Å². The fraction of sp³-hybridized carbons (Fsp3) is 0.432. The highest BCUT2D eigenvalue weighted by atomic mass is 32.2. The van der Waals surface area contributed by atoms with Crippen molar-refractivity contribution in [3.8, 4) is 11.5 Å². The number of imide groups is 1. The summed E-state index contributed by atoms with van der Waals surface area (Å²) in [6, 6.07) is 19.2. The maximum absolute atomic E-state index is 13.8. The van der Waals surface area contributed by atoms with Gasteiger partial charge in [-0.05, 0) is 95.6 Å². The smallest absolute Gasteiger partial charge is 0.427 e. The number of guanidine groups is 1. The second-order valence-corrected chi connectivity index (χ2v) is 17.9. The summed E-state index contributed by atoms with van der Waals surface area (Å²) in [5.41, 5.74) is 5.53. The molecular formula is C37H49N5O11S2. The number of carbonyl (C=O) groups is 2. The van der Waals surface area contributed by atoms with Gasteiger partial charge in [-0.1, -0.05) is 37.3 Å². The molecule has 55 heavy (non-hydrogen) atoms. The summed E-state index contributed by atoms with van der Waals surface area (Å²) in [5, 5.41) is 3.73. The largest absolute Gasteiger partial charge is 0.453 e. The van der Waals surface area contributed by atoms with Crippen molar-refractivity contribution in [3.05, 3.63) is 78.4 Å². The molecule has 1 unspecified atom stereocenters. The summed E-state index contributed by atoms with van der Waals surface area (Å²) >= 11 is 0. The topological polar surface area (TPSA) is 197 Å². The van der Waals surface area contributed by atoms with Crippen LogP contribution in [0.1, 0.15) is 60.5 Å². The fourth-order valence-electron chi connectivity index (χ4n) is 5.20. The highest BCUT2D eigenvalue weighted by Crippen LogP contribution is 2.31. The number of para-hydroxylation sites is 1. The van der Waals surface area contributed by atoms with Gasteiger partial charge < -0.3 is 33.9 Å². The molecule has 1 atom stereocenters. The number of oxime groups is 1. The van der Waals surface area contributed by atoms with Gasteiger partial charge in [0.05, 0.1) is 0 Å². The number of piperazine rings is 1. The van der Waals surface area contributed by atoms with E-state index in [2.05, 4.69) is 10.1 Å². The third-order valence-electron chi connectivity index (χ3n) is 7.57. The second kappa shape index (κ2) is 17.2. The number of aryl methyl sites for hydroxylation is 1. The average molecular weight is 804 g/mol. The van der Waals surface area contributed by atoms with Gasteiger partial charge in [-0.3, -0.25) is 0 Å². The first-order chi connectivity index (χ1) is 25.6. The number of hydrogen-bond acceptors (Lipinski definition) is 13. The molecule has 1 fully saturated rings. The number of nitrogens with zero attached hydrogens (tertiary/aromatic N) is 4. The Morgan fingerprint density at radius 2 is 1.33 bits per heavy atom. The van der Waals surface area contributed by atoms with Crippen LogP contribution in [0.5, 0.6) is 11.5 Å². The van der Waals surface area contributed by atoms with E-state index in [4.69, 9.17) is 29.0 Å². The number of sulfonamides is 1. The first-order valence-electron chi connectivity index (χ1n) is 17.5. The monoisotopic (exact) mass is 803 g/mol. The molecule has 4 rings (SSSR count). The van der Waals surface area contributed by atoms with E-state index in [1.807, 2.05) is 30.3 Å². The summed E-state index contributed by atoms with van der Waals surface area (Å²) in [7, 11) is -8.93. The summed E-state index contributed by atoms with van der Waals surface area (Å²) in [6.45, 7) is 14.1. The van der Waals surface area contributed by atoms with Crippen LogP contribution in [0.2, 0.25) is 0 Å². The Kier molecular flexibility index (Phi) is 13.3. The number of amides is 2. The van der Waals surface area contributed by atoms with Crippen LogP contribution in [-0.4, -0.2) is 87.9 Å². The molecule has 0 radical (unpaired) electrons. The maximum atomic E-state index is 13.8. The van der Waals surface area contributed by atoms with E-state index in [-0.39, 0.29) is 31.0 Å². The Balaban J connectivity index is 1.51. The van der Waals surface area contributed by atoms with Gasteiger partial charge in [-0.25, -0.2) is 18.0 Å². The first-order valence-corrected chi connectivity index (χ1v) is 20.3. The average Bonchev–Trinajstić information content (AvgIpc) is 3.08. The normalized spacial score (nSPS) is 15.1. The lowest BCUT2D eigenvalue weighted by atomic mass is 10.2. The van der Waals surface area contributed by atoms with Crippen LogP contribution in [-0.2, 0) is 34.5 Å². The minimum absolute atomic E-state index is 0.0964. The van der Waals surface area contributed by atoms with E-state index in [0.717, 1.165) is 5.69 Å². The number of ether oxygens (including phenoxy) is 3. The lowest BCUT2D eigenvalue weighted by molar-refractivity contribution is -0.0819. The van der Waals surface area contributed by atoms with Crippen LogP contribution in [0.3, 0.4) is 0 Å². The predicted molar refractivity (Wildman–Crippen MR) is 205 cm³/mol. The van der Waals surface area contributed by atoms with E-state index >= 15 is 0 Å². The van der Waals surface area contributed by atoms with Crippen molar-refractivity contribution in [2.24, 2.45) is 10.9 Å². The Morgan fingerprint density at radius 1 is 0.800 bits per heavy atom. The van der Waals surface area contributed by atoms with Gasteiger partial charge in [0.1, 0.15) is 32.5 Å². The van der Waals surface area contributed by atoms with Crippen molar-refractivity contribution < 1.29 is 49.7 Å². The molecule has 0 aromatic heterocycles. The number of carbonyl (C=O) groups excluding carboxylic acids is 2. The Bertz CT molecular complexity index is 2050. The highest BCUT2D eigenvalue weighted by molar-refractivity contribution is 7.91. The lowest BCUT2D eigenvalue weighted by Gasteiger charge is -2.35. The summed E-state index contributed by atoms with van der Waals surface area (Å²) in [4.78, 5) is 32.7. The molecule has 16 nitrogen and oxygen atoms in total. The van der Waals surface area contributed by atoms with Gasteiger partial charge in [-0.2, -0.15) is 12.7 Å². The molecule has 0 saturated carbocycles. The maximum Gasteiger partial charge on any atom is 0.427 e. The summed E-state index contributed by atoms with van der Waals surface area (Å²) in [5.74, 6) is -0.770. The van der Waals surface area contributed by atoms with E-state index in [1.54, 1.807) is 61.5 Å². The van der Waals surface area contributed by atoms with Gasteiger partial charge in [0.15, 0.2) is 0 Å². The van der Waals surface area contributed by atoms with E-state index in [1.165, 1.54) is 40.7 Å². The molecule has 3 aromatic carbocycles. The van der Waals surface area contributed by atoms with Crippen LogP contribution >= 0.6 is 0 Å².